The van der Waals surface area contributed by atoms with Crippen molar-refractivity contribution in [1.29, 1.82) is 0 Å². The lowest BCUT2D eigenvalue weighted by molar-refractivity contribution is 0.302. The number of aromatic nitrogens is 2. The zero-order chi connectivity index (χ0) is 14.4. The number of aryl methyl sites for hydroxylation is 1. The van der Waals surface area contributed by atoms with Gasteiger partial charge in [0.1, 0.15) is 5.82 Å². The Balaban J connectivity index is 1.63. The van der Waals surface area contributed by atoms with Gasteiger partial charge in [-0.1, -0.05) is 11.6 Å². The number of nitrogens with zero attached hydrogens (tertiary/aromatic N) is 2. The summed E-state index contributed by atoms with van der Waals surface area (Å²) in [4.78, 5) is 4.50. The highest BCUT2D eigenvalue weighted by atomic mass is 19.1. The van der Waals surface area contributed by atoms with Gasteiger partial charge in [0.15, 0.2) is 0 Å². The van der Waals surface area contributed by atoms with Gasteiger partial charge in [0.2, 0.25) is 11.7 Å². The van der Waals surface area contributed by atoms with Crippen molar-refractivity contribution < 1.29 is 8.91 Å². The van der Waals surface area contributed by atoms with Gasteiger partial charge in [-0.3, -0.25) is 0 Å². The maximum Gasteiger partial charge on any atom is 0.244 e. The van der Waals surface area contributed by atoms with Crippen molar-refractivity contribution in [3.63, 3.8) is 0 Å². The highest BCUT2D eigenvalue weighted by molar-refractivity contribution is 5.55. The molecular formula is C16H18FN3O. The molecule has 4 nitrogen and oxygen atoms in total. The molecule has 4 rings (SSSR count). The van der Waals surface area contributed by atoms with Crippen LogP contribution in [0.25, 0.3) is 11.4 Å². The number of halogens is 1. The minimum atomic E-state index is -0.272. The van der Waals surface area contributed by atoms with E-state index >= 15 is 0 Å². The average Bonchev–Trinajstić information content (AvgIpc) is 3.13. The fraction of sp³-hybridized carbons (Fsp3) is 0.500. The molecule has 0 radical (unpaired) electrons. The predicted octanol–water partition coefficient (Wildman–Crippen LogP) is 3.24. The minimum Gasteiger partial charge on any atom is -0.337 e. The fourth-order valence-electron chi connectivity index (χ4n) is 3.80. The van der Waals surface area contributed by atoms with E-state index < -0.39 is 0 Å². The number of fused-ring (bicyclic) bond motifs is 1. The molecule has 0 amide bonds. The Kier molecular flexibility index (Phi) is 3.03. The Hall–Kier alpha value is -1.75. The highest BCUT2D eigenvalue weighted by Gasteiger charge is 2.42. The summed E-state index contributed by atoms with van der Waals surface area (Å²) >= 11 is 0. The molecule has 1 N–H and O–H groups in total. The molecule has 110 valence electrons. The van der Waals surface area contributed by atoms with Gasteiger partial charge in [0, 0.05) is 5.56 Å². The van der Waals surface area contributed by atoms with Crippen molar-refractivity contribution in [3.8, 4) is 11.4 Å². The standard InChI is InChI=1S/C16H18FN3O/c1-9-5-11(7-12(17)6-9)15-19-16(21-20-15)14-13-4-2-3-10(13)8-18-14/h5-7,10,13-14,18H,2-4,8H2,1H3. The molecule has 1 aromatic heterocycles. The zero-order valence-electron chi connectivity index (χ0n) is 12.0. The van der Waals surface area contributed by atoms with E-state index in [1.807, 2.05) is 13.0 Å². The Morgan fingerprint density at radius 1 is 1.29 bits per heavy atom. The molecule has 3 atom stereocenters. The molecule has 21 heavy (non-hydrogen) atoms. The van der Waals surface area contributed by atoms with Crippen molar-refractivity contribution >= 4 is 0 Å². The van der Waals surface area contributed by atoms with Gasteiger partial charge in [-0.25, -0.2) is 4.39 Å². The maximum absolute atomic E-state index is 13.5. The number of hydrogen-bond donors (Lipinski definition) is 1. The maximum atomic E-state index is 13.5. The van der Waals surface area contributed by atoms with Crippen LogP contribution in [-0.4, -0.2) is 16.7 Å². The fourth-order valence-corrected chi connectivity index (χ4v) is 3.80. The van der Waals surface area contributed by atoms with Crippen LogP contribution >= 0.6 is 0 Å². The van der Waals surface area contributed by atoms with Crippen LogP contribution in [0.5, 0.6) is 0 Å². The van der Waals surface area contributed by atoms with Crippen molar-refractivity contribution in [2.45, 2.75) is 32.2 Å². The third-order valence-corrected chi connectivity index (χ3v) is 4.75. The molecule has 2 aliphatic rings. The zero-order valence-corrected chi connectivity index (χ0v) is 12.0. The summed E-state index contributed by atoms with van der Waals surface area (Å²) in [5.41, 5.74) is 1.52. The quantitative estimate of drug-likeness (QED) is 0.921. The van der Waals surface area contributed by atoms with Gasteiger partial charge in [0.05, 0.1) is 6.04 Å². The minimum absolute atomic E-state index is 0.161. The van der Waals surface area contributed by atoms with Crippen LogP contribution in [0, 0.1) is 24.6 Å². The lowest BCUT2D eigenvalue weighted by Crippen LogP contribution is -2.18. The predicted molar refractivity (Wildman–Crippen MR) is 76.0 cm³/mol. The van der Waals surface area contributed by atoms with Crippen molar-refractivity contribution in [3.05, 3.63) is 35.5 Å². The molecule has 1 aliphatic heterocycles. The second kappa shape index (κ2) is 4.91. The van der Waals surface area contributed by atoms with E-state index in [1.165, 1.54) is 31.4 Å². The van der Waals surface area contributed by atoms with Crippen LogP contribution in [0.1, 0.15) is 36.8 Å². The van der Waals surface area contributed by atoms with Crippen LogP contribution in [0.15, 0.2) is 22.7 Å². The lowest BCUT2D eigenvalue weighted by atomic mass is 9.94. The van der Waals surface area contributed by atoms with E-state index in [0.717, 1.165) is 18.0 Å². The van der Waals surface area contributed by atoms with Crippen molar-refractivity contribution in [2.75, 3.05) is 6.54 Å². The molecule has 0 bridgehead atoms. The molecule has 1 saturated carbocycles. The van der Waals surface area contributed by atoms with Gasteiger partial charge in [-0.2, -0.15) is 4.98 Å². The SMILES string of the molecule is Cc1cc(F)cc(-c2noc(C3NCC4CCCC43)n2)c1. The summed E-state index contributed by atoms with van der Waals surface area (Å²) in [7, 11) is 0. The summed E-state index contributed by atoms with van der Waals surface area (Å²) in [5.74, 6) is 2.18. The Morgan fingerprint density at radius 3 is 3.05 bits per heavy atom. The van der Waals surface area contributed by atoms with Crippen LogP contribution in [-0.2, 0) is 0 Å². The first-order chi connectivity index (χ1) is 10.2. The number of nitrogens with one attached hydrogen (secondary N) is 1. The van der Waals surface area contributed by atoms with Gasteiger partial charge < -0.3 is 9.84 Å². The molecule has 2 fully saturated rings. The summed E-state index contributed by atoms with van der Waals surface area (Å²) in [6, 6.07) is 4.97. The molecular weight excluding hydrogens is 269 g/mol. The van der Waals surface area contributed by atoms with Crippen molar-refractivity contribution in [1.82, 2.24) is 15.5 Å². The third kappa shape index (κ3) is 2.25. The normalized spacial score (nSPS) is 28.0. The summed E-state index contributed by atoms with van der Waals surface area (Å²) < 4.78 is 18.9. The Labute approximate surface area is 122 Å². The molecule has 2 heterocycles. The Bertz CT molecular complexity index is 649. The highest BCUT2D eigenvalue weighted by Crippen LogP contribution is 2.44. The molecule has 1 aromatic carbocycles. The Morgan fingerprint density at radius 2 is 2.19 bits per heavy atom. The van der Waals surface area contributed by atoms with Gasteiger partial charge >= 0.3 is 0 Å². The van der Waals surface area contributed by atoms with E-state index in [9.17, 15) is 4.39 Å². The third-order valence-electron chi connectivity index (χ3n) is 4.75. The van der Waals surface area contributed by atoms with Crippen LogP contribution < -0.4 is 5.32 Å². The van der Waals surface area contributed by atoms with Crippen molar-refractivity contribution in [2.24, 2.45) is 11.8 Å². The first-order valence-corrected chi connectivity index (χ1v) is 7.55. The smallest absolute Gasteiger partial charge is 0.244 e. The summed E-state index contributed by atoms with van der Waals surface area (Å²) in [6.07, 6.45) is 3.80. The molecule has 5 heteroatoms. The summed E-state index contributed by atoms with van der Waals surface area (Å²) in [5, 5.41) is 7.53. The van der Waals surface area contributed by atoms with E-state index in [0.29, 0.717) is 23.2 Å². The topological polar surface area (TPSA) is 51.0 Å². The van der Waals surface area contributed by atoms with Crippen LogP contribution in [0.2, 0.25) is 0 Å². The summed E-state index contributed by atoms with van der Waals surface area (Å²) in [6.45, 7) is 2.89. The van der Waals surface area contributed by atoms with E-state index in [4.69, 9.17) is 4.52 Å². The van der Waals surface area contributed by atoms with E-state index in [-0.39, 0.29) is 11.9 Å². The number of benzene rings is 1. The average molecular weight is 287 g/mol. The monoisotopic (exact) mass is 287 g/mol. The molecule has 1 aliphatic carbocycles. The van der Waals surface area contributed by atoms with Gasteiger partial charge in [-0.05, 0) is 61.9 Å². The number of hydrogen-bond acceptors (Lipinski definition) is 4. The molecule has 3 unspecified atom stereocenters. The second-order valence-corrected chi connectivity index (χ2v) is 6.21. The molecule has 2 aromatic rings. The van der Waals surface area contributed by atoms with Gasteiger partial charge in [0.25, 0.3) is 0 Å². The van der Waals surface area contributed by atoms with Crippen LogP contribution in [0.4, 0.5) is 4.39 Å². The van der Waals surface area contributed by atoms with E-state index in [1.54, 1.807) is 0 Å². The molecule has 1 saturated heterocycles. The number of rotatable bonds is 2. The van der Waals surface area contributed by atoms with Crippen LogP contribution in [0.3, 0.4) is 0 Å². The van der Waals surface area contributed by atoms with E-state index in [2.05, 4.69) is 15.5 Å². The largest absolute Gasteiger partial charge is 0.337 e. The van der Waals surface area contributed by atoms with Gasteiger partial charge in [-0.15, -0.1) is 0 Å². The first-order valence-electron chi connectivity index (χ1n) is 7.55. The second-order valence-electron chi connectivity index (χ2n) is 6.21. The first kappa shape index (κ1) is 13.0. The molecule has 0 spiro atoms. The lowest BCUT2D eigenvalue weighted by Gasteiger charge is -2.13.